The van der Waals surface area contributed by atoms with E-state index in [1.807, 2.05) is 31.3 Å². The Kier molecular flexibility index (Phi) is 3.69. The molecule has 1 N–H and O–H groups in total. The van der Waals surface area contributed by atoms with Gasteiger partial charge in [-0.05, 0) is 35.9 Å². The first-order valence-electron chi connectivity index (χ1n) is 5.40. The highest BCUT2D eigenvalue weighted by molar-refractivity contribution is 9.10. The highest BCUT2D eigenvalue weighted by Gasteiger charge is 2.05. The van der Waals surface area contributed by atoms with Gasteiger partial charge in [0.15, 0.2) is 0 Å². The second-order valence-corrected chi connectivity index (χ2v) is 4.82. The summed E-state index contributed by atoms with van der Waals surface area (Å²) < 4.78 is 1.01. The van der Waals surface area contributed by atoms with Gasteiger partial charge in [-0.3, -0.25) is 0 Å². The third-order valence-electron chi connectivity index (χ3n) is 2.63. The van der Waals surface area contributed by atoms with Crippen molar-refractivity contribution in [3.05, 3.63) is 58.6 Å². The lowest BCUT2D eigenvalue weighted by atomic mass is 10.2. The maximum absolute atomic E-state index is 9.48. The number of anilines is 1. The molecule has 0 bridgehead atoms. The number of halogens is 1. The van der Waals surface area contributed by atoms with Gasteiger partial charge in [-0.1, -0.05) is 34.1 Å². The Bertz CT molecular complexity index is 499. The number of aromatic hydroxyl groups is 1. The second-order valence-electron chi connectivity index (χ2n) is 3.97. The minimum absolute atomic E-state index is 0.296. The van der Waals surface area contributed by atoms with Crippen molar-refractivity contribution in [2.24, 2.45) is 0 Å². The number of phenols is 1. The molecule has 2 rings (SSSR count). The molecule has 0 unspecified atom stereocenters. The minimum atomic E-state index is 0.296. The number of benzene rings is 2. The zero-order valence-electron chi connectivity index (χ0n) is 9.60. The van der Waals surface area contributed by atoms with Gasteiger partial charge in [0, 0.05) is 23.8 Å². The monoisotopic (exact) mass is 291 g/mol. The fraction of sp³-hybridized carbons (Fsp3) is 0.143. The summed E-state index contributed by atoms with van der Waals surface area (Å²) in [6, 6.07) is 15.5. The van der Waals surface area contributed by atoms with Crippen molar-refractivity contribution in [1.82, 2.24) is 0 Å². The predicted molar refractivity (Wildman–Crippen MR) is 74.4 cm³/mol. The molecule has 0 aliphatic rings. The van der Waals surface area contributed by atoms with Crippen LogP contribution in [0.5, 0.6) is 5.75 Å². The van der Waals surface area contributed by atoms with Crippen LogP contribution in [0.3, 0.4) is 0 Å². The first-order chi connectivity index (χ1) is 8.16. The second kappa shape index (κ2) is 5.23. The maximum atomic E-state index is 9.48. The maximum Gasteiger partial charge on any atom is 0.115 e. The van der Waals surface area contributed by atoms with Crippen molar-refractivity contribution in [2.45, 2.75) is 6.54 Å². The van der Waals surface area contributed by atoms with Gasteiger partial charge in [0.25, 0.3) is 0 Å². The Morgan fingerprint density at radius 1 is 1.12 bits per heavy atom. The highest BCUT2D eigenvalue weighted by atomic mass is 79.9. The van der Waals surface area contributed by atoms with Crippen LogP contribution in [0.1, 0.15) is 5.56 Å². The van der Waals surface area contributed by atoms with Gasteiger partial charge >= 0.3 is 0 Å². The fourth-order valence-electron chi connectivity index (χ4n) is 1.71. The van der Waals surface area contributed by atoms with Crippen molar-refractivity contribution in [3.8, 4) is 5.75 Å². The summed E-state index contributed by atoms with van der Waals surface area (Å²) in [5.41, 5.74) is 2.22. The molecule has 0 aromatic heterocycles. The number of hydrogen-bond acceptors (Lipinski definition) is 2. The van der Waals surface area contributed by atoms with Crippen LogP contribution >= 0.6 is 15.9 Å². The van der Waals surface area contributed by atoms with Crippen molar-refractivity contribution in [1.29, 1.82) is 0 Å². The zero-order chi connectivity index (χ0) is 12.3. The van der Waals surface area contributed by atoms with Gasteiger partial charge in [-0.15, -0.1) is 0 Å². The Morgan fingerprint density at radius 3 is 2.53 bits per heavy atom. The van der Waals surface area contributed by atoms with Crippen LogP contribution in [0.15, 0.2) is 53.0 Å². The van der Waals surface area contributed by atoms with E-state index in [2.05, 4.69) is 33.0 Å². The number of rotatable bonds is 3. The summed E-state index contributed by atoms with van der Waals surface area (Å²) in [4.78, 5) is 2.14. The topological polar surface area (TPSA) is 23.5 Å². The molecule has 3 heteroatoms. The largest absolute Gasteiger partial charge is 0.508 e. The summed E-state index contributed by atoms with van der Waals surface area (Å²) in [6.07, 6.45) is 0. The molecule has 88 valence electrons. The summed E-state index contributed by atoms with van der Waals surface area (Å²) in [5.74, 6) is 0.296. The van der Waals surface area contributed by atoms with E-state index in [-0.39, 0.29) is 0 Å². The van der Waals surface area contributed by atoms with Gasteiger partial charge in [0.05, 0.1) is 0 Å². The fourth-order valence-corrected chi connectivity index (χ4v) is 2.08. The molecule has 0 radical (unpaired) electrons. The summed E-state index contributed by atoms with van der Waals surface area (Å²) in [6.45, 7) is 0.749. The van der Waals surface area contributed by atoms with Crippen molar-refractivity contribution in [3.63, 3.8) is 0 Å². The summed E-state index contributed by atoms with van der Waals surface area (Å²) in [7, 11) is 2.03. The summed E-state index contributed by atoms with van der Waals surface area (Å²) in [5, 5.41) is 9.48. The van der Waals surface area contributed by atoms with E-state index in [1.54, 1.807) is 12.1 Å². The third-order valence-corrected chi connectivity index (χ3v) is 3.41. The third kappa shape index (κ3) is 3.01. The van der Waals surface area contributed by atoms with Gasteiger partial charge < -0.3 is 10.0 Å². The molecule has 0 heterocycles. The number of nitrogens with zero attached hydrogens (tertiary/aromatic N) is 1. The molecule has 0 aliphatic carbocycles. The molecule has 0 saturated carbocycles. The number of para-hydroxylation sites is 1. The van der Waals surface area contributed by atoms with E-state index in [1.165, 1.54) is 0 Å². The van der Waals surface area contributed by atoms with Crippen LogP contribution < -0.4 is 4.90 Å². The van der Waals surface area contributed by atoms with Crippen molar-refractivity contribution < 1.29 is 5.11 Å². The molecule has 2 aromatic rings. The van der Waals surface area contributed by atoms with E-state index in [0.29, 0.717) is 5.75 Å². The smallest absolute Gasteiger partial charge is 0.115 e. The molecular formula is C14H14BrNO. The van der Waals surface area contributed by atoms with Gasteiger partial charge in [0.1, 0.15) is 5.75 Å². The van der Waals surface area contributed by atoms with Gasteiger partial charge in [-0.2, -0.15) is 0 Å². The Balaban J connectivity index is 2.18. The lowest BCUT2D eigenvalue weighted by molar-refractivity contribution is 0.474. The van der Waals surface area contributed by atoms with Crippen LogP contribution in [0.25, 0.3) is 0 Å². The molecule has 0 fully saturated rings. The average Bonchev–Trinajstić information content (AvgIpc) is 2.35. The van der Waals surface area contributed by atoms with Gasteiger partial charge in [0.2, 0.25) is 0 Å². The molecule has 17 heavy (non-hydrogen) atoms. The first-order valence-corrected chi connectivity index (χ1v) is 6.19. The minimum Gasteiger partial charge on any atom is -0.508 e. The first kappa shape index (κ1) is 12.0. The molecule has 0 aliphatic heterocycles. The number of phenolic OH excluding ortho intramolecular Hbond substituents is 1. The van der Waals surface area contributed by atoms with Crippen LogP contribution in [0.4, 0.5) is 5.69 Å². The van der Waals surface area contributed by atoms with E-state index < -0.39 is 0 Å². The summed E-state index contributed by atoms with van der Waals surface area (Å²) >= 11 is 3.49. The molecule has 0 atom stereocenters. The van der Waals surface area contributed by atoms with Crippen molar-refractivity contribution >= 4 is 21.6 Å². The van der Waals surface area contributed by atoms with Crippen LogP contribution in [0.2, 0.25) is 0 Å². The molecule has 2 nitrogen and oxygen atoms in total. The molecule has 0 saturated heterocycles. The van der Waals surface area contributed by atoms with Crippen LogP contribution in [-0.4, -0.2) is 12.2 Å². The van der Waals surface area contributed by atoms with E-state index >= 15 is 0 Å². The lowest BCUT2D eigenvalue weighted by Crippen LogP contribution is -2.16. The highest BCUT2D eigenvalue weighted by Crippen LogP contribution is 2.24. The predicted octanol–water partition coefficient (Wildman–Crippen LogP) is 3.79. The Labute approximate surface area is 110 Å². The van der Waals surface area contributed by atoms with Gasteiger partial charge in [-0.25, -0.2) is 0 Å². The number of hydrogen-bond donors (Lipinski definition) is 1. The standard InChI is InChI=1S/C14H14BrNO/c1-16(12-5-3-2-4-6-12)10-11-9-13(17)7-8-14(11)15/h2-9,17H,10H2,1H3. The molecule has 0 spiro atoms. The average molecular weight is 292 g/mol. The Hall–Kier alpha value is -1.48. The normalized spacial score (nSPS) is 10.2. The van der Waals surface area contributed by atoms with E-state index in [4.69, 9.17) is 0 Å². The SMILES string of the molecule is CN(Cc1cc(O)ccc1Br)c1ccccc1. The lowest BCUT2D eigenvalue weighted by Gasteiger charge is -2.20. The van der Waals surface area contributed by atoms with Crippen molar-refractivity contribution in [2.75, 3.05) is 11.9 Å². The van der Waals surface area contributed by atoms with Crippen LogP contribution in [0, 0.1) is 0 Å². The van der Waals surface area contributed by atoms with E-state index in [0.717, 1.165) is 22.3 Å². The Morgan fingerprint density at radius 2 is 1.82 bits per heavy atom. The quantitative estimate of drug-likeness (QED) is 0.930. The molecular weight excluding hydrogens is 278 g/mol. The molecule has 0 amide bonds. The molecule has 2 aromatic carbocycles. The van der Waals surface area contributed by atoms with Crippen LogP contribution in [-0.2, 0) is 6.54 Å². The zero-order valence-corrected chi connectivity index (χ0v) is 11.2. The van der Waals surface area contributed by atoms with E-state index in [9.17, 15) is 5.11 Å².